The quantitative estimate of drug-likeness (QED) is 0.573. The highest BCUT2D eigenvalue weighted by molar-refractivity contribution is 4.73. The van der Waals surface area contributed by atoms with Crippen LogP contribution in [0, 0.1) is 5.41 Å². The van der Waals surface area contributed by atoms with Gasteiger partial charge in [0.2, 0.25) is 0 Å². The summed E-state index contributed by atoms with van der Waals surface area (Å²) in [7, 11) is 0. The number of hydrogen-bond donors (Lipinski definition) is 0. The van der Waals surface area contributed by atoms with E-state index in [0.717, 1.165) is 0 Å². The van der Waals surface area contributed by atoms with Gasteiger partial charge in [0, 0.05) is 6.42 Å². The second-order valence-corrected chi connectivity index (χ2v) is 3.73. The monoisotopic (exact) mass is 154 g/mol. The minimum Gasteiger partial charge on any atom is -0.244 e. The van der Waals surface area contributed by atoms with Crippen LogP contribution in [0.1, 0.15) is 27.2 Å². The van der Waals surface area contributed by atoms with Crippen LogP contribution in [0.4, 0.5) is 13.2 Å². The Morgan fingerprint density at radius 1 is 1.10 bits per heavy atom. The Kier molecular flexibility index (Phi) is 2.75. The van der Waals surface area contributed by atoms with Gasteiger partial charge in [-0.25, -0.2) is 13.2 Å². The predicted molar refractivity (Wildman–Crippen MR) is 35.0 cm³/mol. The fraction of sp³-hybridized carbons (Fsp3) is 1.00. The molecule has 0 aromatic carbocycles. The largest absolute Gasteiger partial charge is 0.276 e. The zero-order valence-electron chi connectivity index (χ0n) is 6.55. The van der Waals surface area contributed by atoms with Gasteiger partial charge in [0.05, 0.1) is 0 Å². The van der Waals surface area contributed by atoms with Crippen molar-refractivity contribution in [3.63, 3.8) is 0 Å². The van der Waals surface area contributed by atoms with E-state index in [2.05, 4.69) is 0 Å². The van der Waals surface area contributed by atoms with Crippen LogP contribution in [-0.2, 0) is 0 Å². The lowest BCUT2D eigenvalue weighted by atomic mass is 9.89. The van der Waals surface area contributed by atoms with Crippen molar-refractivity contribution in [2.75, 3.05) is 6.67 Å². The highest BCUT2D eigenvalue weighted by Gasteiger charge is 2.34. The highest BCUT2D eigenvalue weighted by atomic mass is 19.3. The second-order valence-electron chi connectivity index (χ2n) is 3.73. The fourth-order valence-corrected chi connectivity index (χ4v) is 0.823. The third-order valence-corrected chi connectivity index (χ3v) is 0.984. The molecule has 0 aliphatic carbocycles. The maximum absolute atomic E-state index is 12.3. The third-order valence-electron chi connectivity index (χ3n) is 0.984. The summed E-state index contributed by atoms with van der Waals surface area (Å²) in [5, 5.41) is 0. The molecule has 0 bridgehead atoms. The lowest BCUT2D eigenvalue weighted by molar-refractivity contribution is -0.0544. The first-order valence-corrected chi connectivity index (χ1v) is 3.21. The van der Waals surface area contributed by atoms with Gasteiger partial charge in [0.15, 0.2) is 6.67 Å². The van der Waals surface area contributed by atoms with Crippen molar-refractivity contribution >= 4 is 0 Å². The van der Waals surface area contributed by atoms with Gasteiger partial charge in [-0.1, -0.05) is 20.8 Å². The van der Waals surface area contributed by atoms with Gasteiger partial charge in [-0.3, -0.25) is 0 Å². The molecule has 0 saturated carbocycles. The van der Waals surface area contributed by atoms with E-state index in [4.69, 9.17) is 0 Å². The zero-order chi connectivity index (χ0) is 8.41. The number of hydrogen-bond acceptors (Lipinski definition) is 0. The van der Waals surface area contributed by atoms with Crippen molar-refractivity contribution in [1.82, 2.24) is 0 Å². The molecule has 0 aliphatic heterocycles. The van der Waals surface area contributed by atoms with Gasteiger partial charge >= 0.3 is 0 Å². The summed E-state index contributed by atoms with van der Waals surface area (Å²) in [6.07, 6.45) is -0.392. The summed E-state index contributed by atoms with van der Waals surface area (Å²) in [4.78, 5) is 0. The lowest BCUT2D eigenvalue weighted by Gasteiger charge is -2.23. The van der Waals surface area contributed by atoms with Crippen molar-refractivity contribution in [2.45, 2.75) is 33.1 Å². The number of rotatable bonds is 2. The SMILES string of the molecule is CC(C)(C)CC(F)(F)CF. The number of alkyl halides is 3. The van der Waals surface area contributed by atoms with E-state index in [1.54, 1.807) is 20.8 Å². The van der Waals surface area contributed by atoms with Crippen LogP contribution >= 0.6 is 0 Å². The maximum Gasteiger partial charge on any atom is 0.276 e. The van der Waals surface area contributed by atoms with Gasteiger partial charge in [-0.15, -0.1) is 0 Å². The van der Waals surface area contributed by atoms with Crippen molar-refractivity contribution in [2.24, 2.45) is 5.41 Å². The fourth-order valence-electron chi connectivity index (χ4n) is 0.823. The minimum absolute atomic E-state index is 0.392. The zero-order valence-corrected chi connectivity index (χ0v) is 6.55. The molecule has 0 aromatic heterocycles. The molecular weight excluding hydrogens is 141 g/mol. The number of halogens is 3. The molecule has 0 aromatic rings. The third kappa shape index (κ3) is 4.65. The van der Waals surface area contributed by atoms with Crippen LogP contribution in [0.2, 0.25) is 0 Å². The normalized spacial score (nSPS) is 13.8. The van der Waals surface area contributed by atoms with Crippen LogP contribution in [0.25, 0.3) is 0 Å². The van der Waals surface area contributed by atoms with Crippen LogP contribution in [0.15, 0.2) is 0 Å². The van der Waals surface area contributed by atoms with Crippen molar-refractivity contribution in [1.29, 1.82) is 0 Å². The van der Waals surface area contributed by atoms with Crippen LogP contribution < -0.4 is 0 Å². The first kappa shape index (κ1) is 9.79. The molecule has 0 nitrogen and oxygen atoms in total. The van der Waals surface area contributed by atoms with Crippen LogP contribution in [0.5, 0.6) is 0 Å². The van der Waals surface area contributed by atoms with Crippen LogP contribution in [0.3, 0.4) is 0 Å². The molecule has 0 amide bonds. The highest BCUT2D eigenvalue weighted by Crippen LogP contribution is 2.31. The molecule has 3 heteroatoms. The van der Waals surface area contributed by atoms with Gasteiger partial charge < -0.3 is 0 Å². The first-order valence-electron chi connectivity index (χ1n) is 3.21. The molecule has 0 heterocycles. The smallest absolute Gasteiger partial charge is 0.244 e. The van der Waals surface area contributed by atoms with Gasteiger partial charge in [0.25, 0.3) is 5.92 Å². The molecule has 10 heavy (non-hydrogen) atoms. The summed E-state index contributed by atoms with van der Waals surface area (Å²) in [6, 6.07) is 0. The molecule has 0 rings (SSSR count). The topological polar surface area (TPSA) is 0 Å². The average molecular weight is 154 g/mol. The van der Waals surface area contributed by atoms with E-state index in [9.17, 15) is 13.2 Å². The van der Waals surface area contributed by atoms with E-state index >= 15 is 0 Å². The molecule has 0 spiro atoms. The predicted octanol–water partition coefficient (Wildman–Crippen LogP) is 3.03. The molecule has 0 N–H and O–H groups in total. The summed E-state index contributed by atoms with van der Waals surface area (Å²) >= 11 is 0. The minimum atomic E-state index is -3.14. The van der Waals surface area contributed by atoms with Crippen molar-refractivity contribution < 1.29 is 13.2 Å². The summed E-state index contributed by atoms with van der Waals surface area (Å²) in [6.45, 7) is 3.44. The maximum atomic E-state index is 12.3. The Labute approximate surface area is 59.4 Å². The van der Waals surface area contributed by atoms with Gasteiger partial charge in [0.1, 0.15) is 0 Å². The Hall–Kier alpha value is -0.210. The molecule has 0 saturated heterocycles. The average Bonchev–Trinajstić information content (AvgIpc) is 1.60. The molecule has 62 valence electrons. The Morgan fingerprint density at radius 3 is 1.60 bits per heavy atom. The van der Waals surface area contributed by atoms with E-state index in [-0.39, 0.29) is 0 Å². The van der Waals surface area contributed by atoms with E-state index < -0.39 is 24.4 Å². The summed E-state index contributed by atoms with van der Waals surface area (Å²) in [5.74, 6) is -3.14. The van der Waals surface area contributed by atoms with Crippen LogP contribution in [-0.4, -0.2) is 12.6 Å². The van der Waals surface area contributed by atoms with Gasteiger partial charge in [-0.05, 0) is 5.41 Å². The lowest BCUT2D eigenvalue weighted by Crippen LogP contribution is -2.26. The van der Waals surface area contributed by atoms with Crippen molar-refractivity contribution in [3.05, 3.63) is 0 Å². The summed E-state index contributed by atoms with van der Waals surface area (Å²) < 4.78 is 36.1. The first-order chi connectivity index (χ1) is 4.27. The Balaban J connectivity index is 3.89. The molecule has 0 atom stereocenters. The molecule has 0 unspecified atom stereocenters. The molecule has 0 aliphatic rings. The second kappa shape index (κ2) is 2.81. The summed E-state index contributed by atoms with van der Waals surface area (Å²) in [5.41, 5.74) is -0.504. The van der Waals surface area contributed by atoms with E-state index in [0.29, 0.717) is 0 Å². The van der Waals surface area contributed by atoms with Gasteiger partial charge in [-0.2, -0.15) is 0 Å². The molecule has 0 radical (unpaired) electrons. The molecular formula is C7H13F3. The standard InChI is InChI=1S/C7H13F3/c1-6(2,3)4-7(9,10)5-8/h4-5H2,1-3H3. The van der Waals surface area contributed by atoms with Crippen molar-refractivity contribution in [3.8, 4) is 0 Å². The Bertz CT molecular complexity index is 102. The molecule has 0 fully saturated rings. The van der Waals surface area contributed by atoms with E-state index in [1.165, 1.54) is 0 Å². The van der Waals surface area contributed by atoms with E-state index in [1.807, 2.05) is 0 Å². The Morgan fingerprint density at radius 2 is 1.50 bits per heavy atom.